The van der Waals surface area contributed by atoms with Gasteiger partial charge in [0, 0.05) is 20.2 Å². The molecule has 1 aliphatic carbocycles. The minimum atomic E-state index is -1.17. The van der Waals surface area contributed by atoms with Crippen molar-refractivity contribution in [1.82, 2.24) is 4.90 Å². The zero-order valence-electron chi connectivity index (χ0n) is 12.1. The summed E-state index contributed by atoms with van der Waals surface area (Å²) in [5.41, 5.74) is 0. The fourth-order valence-corrected chi connectivity index (χ4v) is 3.47. The molecule has 1 heterocycles. The summed E-state index contributed by atoms with van der Waals surface area (Å²) >= 11 is 0. The smallest absolute Gasteiger partial charge is 0.109 e. The topological polar surface area (TPSA) is 93.4 Å². The lowest BCUT2D eigenvalue weighted by atomic mass is 9.85. The third-order valence-electron chi connectivity index (χ3n) is 4.84. The molecule has 0 spiro atoms. The first-order valence-electron chi connectivity index (χ1n) is 7.48. The number of nitrogens with zero attached hydrogens (tertiary/aromatic N) is 1. The van der Waals surface area contributed by atoms with Crippen molar-refractivity contribution in [1.29, 1.82) is 0 Å². The van der Waals surface area contributed by atoms with Crippen LogP contribution in [0.5, 0.6) is 0 Å². The highest BCUT2D eigenvalue weighted by Gasteiger charge is 2.41. The number of likely N-dealkylation sites (tertiary alicyclic amines) is 1. The molecule has 1 aliphatic heterocycles. The zero-order chi connectivity index (χ0) is 14.7. The lowest BCUT2D eigenvalue weighted by Crippen LogP contribution is -2.63. The van der Waals surface area contributed by atoms with Crippen LogP contribution in [0.3, 0.4) is 0 Å². The van der Waals surface area contributed by atoms with Crippen molar-refractivity contribution in [3.8, 4) is 0 Å². The maximum atomic E-state index is 9.96. The van der Waals surface area contributed by atoms with Gasteiger partial charge in [-0.3, -0.25) is 4.90 Å². The second-order valence-corrected chi connectivity index (χ2v) is 6.13. The summed E-state index contributed by atoms with van der Waals surface area (Å²) in [6, 6.07) is -0.492. The Bertz CT molecular complexity index is 295. The first-order valence-corrected chi connectivity index (χ1v) is 7.48. The van der Waals surface area contributed by atoms with Crippen LogP contribution in [0.4, 0.5) is 0 Å². The molecular weight excluding hydrogens is 262 g/mol. The Morgan fingerprint density at radius 1 is 1.05 bits per heavy atom. The van der Waals surface area contributed by atoms with Gasteiger partial charge in [0.25, 0.3) is 0 Å². The zero-order valence-corrected chi connectivity index (χ0v) is 12.1. The number of hydrogen-bond donors (Lipinski definition) is 4. The van der Waals surface area contributed by atoms with E-state index in [4.69, 9.17) is 4.74 Å². The van der Waals surface area contributed by atoms with Gasteiger partial charge in [0.2, 0.25) is 0 Å². The van der Waals surface area contributed by atoms with E-state index in [1.165, 1.54) is 0 Å². The van der Waals surface area contributed by atoms with E-state index in [-0.39, 0.29) is 6.61 Å². The van der Waals surface area contributed by atoms with E-state index in [0.717, 1.165) is 32.2 Å². The van der Waals surface area contributed by atoms with E-state index < -0.39 is 24.4 Å². The summed E-state index contributed by atoms with van der Waals surface area (Å²) in [6.45, 7) is 0.828. The summed E-state index contributed by atoms with van der Waals surface area (Å²) in [6.07, 6.45) is 1.30. The number of aliphatic hydroxyl groups is 4. The predicted molar refractivity (Wildman–Crippen MR) is 73.2 cm³/mol. The van der Waals surface area contributed by atoms with Gasteiger partial charge in [-0.2, -0.15) is 0 Å². The van der Waals surface area contributed by atoms with Crippen LogP contribution < -0.4 is 0 Å². The van der Waals surface area contributed by atoms with Crippen molar-refractivity contribution in [2.75, 3.05) is 26.8 Å². The van der Waals surface area contributed by atoms with Gasteiger partial charge in [-0.05, 0) is 31.6 Å². The van der Waals surface area contributed by atoms with Crippen molar-refractivity contribution in [2.24, 2.45) is 5.92 Å². The first-order chi connectivity index (χ1) is 9.56. The van der Waals surface area contributed by atoms with Crippen molar-refractivity contribution >= 4 is 0 Å². The molecule has 4 N–H and O–H groups in total. The summed E-state index contributed by atoms with van der Waals surface area (Å²) < 4.78 is 5.35. The van der Waals surface area contributed by atoms with Crippen LogP contribution >= 0.6 is 0 Å². The second kappa shape index (κ2) is 7.15. The number of piperidine rings is 1. The monoisotopic (exact) mass is 289 g/mol. The van der Waals surface area contributed by atoms with Crippen molar-refractivity contribution in [3.63, 3.8) is 0 Å². The first kappa shape index (κ1) is 16.1. The molecule has 0 aromatic carbocycles. The highest BCUT2D eigenvalue weighted by atomic mass is 16.5. The number of methoxy groups -OCH3 is 1. The SMILES string of the molecule is COC1CCC(CN2C[C@H](O)[C@H](O)[C@@H](O)[C@@H]2CO)CC1. The third-order valence-corrected chi connectivity index (χ3v) is 4.84. The largest absolute Gasteiger partial charge is 0.395 e. The van der Waals surface area contributed by atoms with Crippen LogP contribution in [0, 0.1) is 5.92 Å². The van der Waals surface area contributed by atoms with E-state index in [1.807, 2.05) is 4.90 Å². The predicted octanol–water partition coefficient (Wildman–Crippen LogP) is -1.05. The molecule has 0 aromatic heterocycles. The van der Waals surface area contributed by atoms with Gasteiger partial charge in [-0.15, -0.1) is 0 Å². The summed E-state index contributed by atoms with van der Waals surface area (Å²) in [7, 11) is 1.74. The molecule has 118 valence electrons. The fourth-order valence-electron chi connectivity index (χ4n) is 3.47. The van der Waals surface area contributed by atoms with Crippen molar-refractivity contribution < 1.29 is 25.2 Å². The van der Waals surface area contributed by atoms with Crippen LogP contribution in [-0.4, -0.2) is 82.6 Å². The lowest BCUT2D eigenvalue weighted by Gasteiger charge is -2.45. The molecule has 20 heavy (non-hydrogen) atoms. The molecule has 0 amide bonds. The Labute approximate surface area is 120 Å². The van der Waals surface area contributed by atoms with Crippen molar-refractivity contribution in [2.45, 2.75) is 56.1 Å². The molecule has 0 bridgehead atoms. The number of ether oxygens (including phenoxy) is 1. The van der Waals surface area contributed by atoms with Crippen LogP contribution in [0.15, 0.2) is 0 Å². The second-order valence-electron chi connectivity index (χ2n) is 6.13. The number of hydrogen-bond acceptors (Lipinski definition) is 6. The Morgan fingerprint density at radius 3 is 2.25 bits per heavy atom. The van der Waals surface area contributed by atoms with Crippen LogP contribution in [0.2, 0.25) is 0 Å². The van der Waals surface area contributed by atoms with Crippen LogP contribution in [0.25, 0.3) is 0 Å². The Balaban J connectivity index is 1.90. The maximum Gasteiger partial charge on any atom is 0.109 e. The van der Waals surface area contributed by atoms with Crippen LogP contribution in [0.1, 0.15) is 25.7 Å². The molecule has 0 unspecified atom stereocenters. The molecule has 0 radical (unpaired) electrons. The van der Waals surface area contributed by atoms with E-state index in [1.54, 1.807) is 7.11 Å². The van der Waals surface area contributed by atoms with Crippen LogP contribution in [-0.2, 0) is 4.74 Å². The van der Waals surface area contributed by atoms with Gasteiger partial charge in [-0.1, -0.05) is 0 Å². The standard InChI is InChI=1S/C14H27NO5/c1-20-10-4-2-9(3-5-10)6-15-7-12(17)14(19)13(18)11(15)8-16/h9-14,16-19H,2-8H2,1H3/t9?,10?,11-,12-,13-,14-/m0/s1. The summed E-state index contributed by atoms with van der Waals surface area (Å²) in [5.74, 6) is 0.491. The molecule has 0 aromatic rings. The van der Waals surface area contributed by atoms with Crippen molar-refractivity contribution in [3.05, 3.63) is 0 Å². The molecule has 6 nitrogen and oxygen atoms in total. The Hall–Kier alpha value is -0.240. The molecule has 2 fully saturated rings. The average molecular weight is 289 g/mol. The minimum absolute atomic E-state index is 0.210. The average Bonchev–Trinajstić information content (AvgIpc) is 2.46. The normalized spacial score (nSPS) is 43.6. The quantitative estimate of drug-likeness (QED) is 0.528. The van der Waals surface area contributed by atoms with Gasteiger partial charge < -0.3 is 25.2 Å². The molecule has 2 rings (SSSR count). The molecule has 2 aliphatic rings. The number of β-amino-alcohol motifs (C(OH)–C–C–N with tert-alkyl or cyclic N) is 1. The van der Waals surface area contributed by atoms with Gasteiger partial charge >= 0.3 is 0 Å². The molecule has 1 saturated heterocycles. The number of rotatable bonds is 4. The third kappa shape index (κ3) is 3.50. The molecule has 6 heteroatoms. The van der Waals surface area contributed by atoms with E-state index >= 15 is 0 Å². The highest BCUT2D eigenvalue weighted by Crippen LogP contribution is 2.29. The van der Waals surface area contributed by atoms with Gasteiger partial charge in [-0.25, -0.2) is 0 Å². The Morgan fingerprint density at radius 2 is 1.70 bits per heavy atom. The Kier molecular flexibility index (Phi) is 5.77. The number of aliphatic hydroxyl groups excluding tert-OH is 4. The lowest BCUT2D eigenvalue weighted by molar-refractivity contribution is -0.148. The summed E-state index contributed by atoms with van der Waals surface area (Å²) in [5, 5.41) is 38.9. The molecular formula is C14H27NO5. The van der Waals surface area contributed by atoms with Gasteiger partial charge in [0.1, 0.15) is 12.2 Å². The van der Waals surface area contributed by atoms with Gasteiger partial charge in [0.05, 0.1) is 24.9 Å². The minimum Gasteiger partial charge on any atom is -0.395 e. The van der Waals surface area contributed by atoms with E-state index in [9.17, 15) is 20.4 Å². The summed E-state index contributed by atoms with van der Waals surface area (Å²) in [4.78, 5) is 1.92. The van der Waals surface area contributed by atoms with Gasteiger partial charge in [0.15, 0.2) is 0 Å². The van der Waals surface area contributed by atoms with E-state index in [2.05, 4.69) is 0 Å². The highest BCUT2D eigenvalue weighted by molar-refractivity contribution is 4.95. The van der Waals surface area contributed by atoms with E-state index in [0.29, 0.717) is 18.6 Å². The molecule has 1 saturated carbocycles. The fraction of sp³-hybridized carbons (Fsp3) is 1.00. The molecule has 4 atom stereocenters. The maximum absolute atomic E-state index is 9.96.